The number of aryl methyl sites for hydroxylation is 1. The maximum Gasteiger partial charge on any atom is 0.340 e. The Kier molecular flexibility index (Phi) is 4.34. The largest absolute Gasteiger partial charge is 0.465 e. The van der Waals surface area contributed by atoms with Gasteiger partial charge >= 0.3 is 5.97 Å². The molecule has 20 heavy (non-hydrogen) atoms. The minimum absolute atomic E-state index is 0.0150. The van der Waals surface area contributed by atoms with Gasteiger partial charge in [-0.15, -0.1) is 11.3 Å². The number of thiophene rings is 1. The van der Waals surface area contributed by atoms with Gasteiger partial charge < -0.3 is 10.1 Å². The zero-order chi connectivity index (χ0) is 14.7. The average molecular weight is 297 g/mol. The van der Waals surface area contributed by atoms with Crippen molar-refractivity contribution in [2.24, 2.45) is 0 Å². The smallest absolute Gasteiger partial charge is 0.340 e. The van der Waals surface area contributed by atoms with Gasteiger partial charge in [-0.05, 0) is 31.2 Å². The van der Waals surface area contributed by atoms with E-state index in [4.69, 9.17) is 0 Å². The summed E-state index contributed by atoms with van der Waals surface area (Å²) in [5.41, 5.74) is -0.399. The number of anilines is 1. The fourth-order valence-corrected chi connectivity index (χ4v) is 2.55. The molecule has 0 amide bonds. The van der Waals surface area contributed by atoms with Crippen LogP contribution in [-0.2, 0) is 11.3 Å². The van der Waals surface area contributed by atoms with Crippen LogP contribution in [0.15, 0.2) is 24.3 Å². The molecule has 0 fully saturated rings. The summed E-state index contributed by atoms with van der Waals surface area (Å²) < 4.78 is 31.9. The molecular formula is C14H13F2NO2S. The van der Waals surface area contributed by atoms with Gasteiger partial charge in [-0.1, -0.05) is 0 Å². The number of halogens is 2. The van der Waals surface area contributed by atoms with E-state index < -0.39 is 23.2 Å². The zero-order valence-corrected chi connectivity index (χ0v) is 11.8. The first-order valence-corrected chi connectivity index (χ1v) is 6.70. The summed E-state index contributed by atoms with van der Waals surface area (Å²) >= 11 is 1.58. The number of esters is 1. The number of benzene rings is 1. The second-order valence-electron chi connectivity index (χ2n) is 4.15. The Morgan fingerprint density at radius 2 is 2.00 bits per heavy atom. The molecule has 1 heterocycles. The van der Waals surface area contributed by atoms with Crippen LogP contribution < -0.4 is 5.32 Å². The maximum absolute atomic E-state index is 13.8. The molecule has 0 aliphatic heterocycles. The van der Waals surface area contributed by atoms with Crippen LogP contribution in [0.25, 0.3) is 0 Å². The Bertz CT molecular complexity index is 640. The lowest BCUT2D eigenvalue weighted by atomic mass is 10.2. The molecule has 1 aromatic carbocycles. The van der Waals surface area contributed by atoms with Crippen LogP contribution in [0.4, 0.5) is 14.5 Å². The van der Waals surface area contributed by atoms with E-state index in [1.165, 1.54) is 12.1 Å². The molecule has 0 saturated heterocycles. The van der Waals surface area contributed by atoms with Crippen LogP contribution in [0.1, 0.15) is 20.1 Å². The van der Waals surface area contributed by atoms with E-state index in [9.17, 15) is 13.6 Å². The van der Waals surface area contributed by atoms with Gasteiger partial charge in [-0.2, -0.15) is 0 Å². The van der Waals surface area contributed by atoms with Gasteiger partial charge in [0.05, 0.1) is 18.4 Å². The van der Waals surface area contributed by atoms with Crippen LogP contribution in [0.3, 0.4) is 0 Å². The number of rotatable bonds is 4. The number of hydrogen-bond acceptors (Lipinski definition) is 4. The molecule has 0 aliphatic carbocycles. The van der Waals surface area contributed by atoms with Crippen molar-refractivity contribution in [1.29, 1.82) is 0 Å². The van der Waals surface area contributed by atoms with Gasteiger partial charge in [0.15, 0.2) is 11.6 Å². The predicted octanol–water partition coefficient (Wildman–Crippen LogP) is 3.73. The van der Waals surface area contributed by atoms with Crippen molar-refractivity contribution >= 4 is 23.0 Å². The Hall–Kier alpha value is -1.95. The molecule has 6 heteroatoms. The summed E-state index contributed by atoms with van der Waals surface area (Å²) in [6.45, 7) is 2.37. The summed E-state index contributed by atoms with van der Waals surface area (Å²) in [5.74, 6) is -3.19. The van der Waals surface area contributed by atoms with E-state index in [0.29, 0.717) is 6.54 Å². The first-order chi connectivity index (χ1) is 9.52. The van der Waals surface area contributed by atoms with Gasteiger partial charge in [0.25, 0.3) is 0 Å². The third-order valence-electron chi connectivity index (χ3n) is 2.74. The van der Waals surface area contributed by atoms with E-state index in [-0.39, 0.29) is 5.69 Å². The Labute approximate surface area is 119 Å². The highest BCUT2D eigenvalue weighted by Gasteiger charge is 2.18. The van der Waals surface area contributed by atoms with Crippen molar-refractivity contribution < 1.29 is 18.3 Å². The molecular weight excluding hydrogens is 284 g/mol. The van der Waals surface area contributed by atoms with Gasteiger partial charge in [0.1, 0.15) is 0 Å². The van der Waals surface area contributed by atoms with Crippen molar-refractivity contribution in [2.75, 3.05) is 12.4 Å². The lowest BCUT2D eigenvalue weighted by molar-refractivity contribution is 0.0594. The third kappa shape index (κ3) is 2.96. The molecule has 0 atom stereocenters. The zero-order valence-electron chi connectivity index (χ0n) is 11.0. The average Bonchev–Trinajstić information content (AvgIpc) is 2.85. The normalized spacial score (nSPS) is 10.4. The lowest BCUT2D eigenvalue weighted by Gasteiger charge is -2.09. The fourth-order valence-electron chi connectivity index (χ4n) is 1.72. The van der Waals surface area contributed by atoms with E-state index in [1.54, 1.807) is 11.3 Å². The summed E-state index contributed by atoms with van der Waals surface area (Å²) in [5, 5.41) is 2.81. The molecule has 0 bridgehead atoms. The highest BCUT2D eigenvalue weighted by Crippen LogP contribution is 2.23. The second kappa shape index (κ2) is 6.00. The summed E-state index contributed by atoms with van der Waals surface area (Å²) in [7, 11) is 1.12. The molecule has 0 aliphatic rings. The molecule has 0 radical (unpaired) electrons. The molecule has 2 aromatic rings. The van der Waals surface area contributed by atoms with Crippen LogP contribution in [-0.4, -0.2) is 13.1 Å². The lowest BCUT2D eigenvalue weighted by Crippen LogP contribution is -2.09. The van der Waals surface area contributed by atoms with Gasteiger partial charge in [-0.25, -0.2) is 13.6 Å². The summed E-state index contributed by atoms with van der Waals surface area (Å²) in [6.07, 6.45) is 0. The van der Waals surface area contributed by atoms with E-state index >= 15 is 0 Å². The topological polar surface area (TPSA) is 38.3 Å². The second-order valence-corrected chi connectivity index (χ2v) is 5.52. The molecule has 0 unspecified atom stereocenters. The van der Waals surface area contributed by atoms with E-state index in [2.05, 4.69) is 10.1 Å². The van der Waals surface area contributed by atoms with Crippen molar-refractivity contribution in [1.82, 2.24) is 0 Å². The van der Waals surface area contributed by atoms with Crippen LogP contribution >= 0.6 is 11.3 Å². The number of methoxy groups -OCH3 is 1. The minimum atomic E-state index is -1.20. The molecule has 0 saturated carbocycles. The maximum atomic E-state index is 13.8. The third-order valence-corrected chi connectivity index (χ3v) is 3.74. The highest BCUT2D eigenvalue weighted by molar-refractivity contribution is 7.11. The predicted molar refractivity (Wildman–Crippen MR) is 74.1 cm³/mol. The Balaban J connectivity index is 2.17. The van der Waals surface area contributed by atoms with Gasteiger partial charge in [0.2, 0.25) is 0 Å². The molecule has 2 rings (SSSR count). The SMILES string of the molecule is COC(=O)c1ccc(NCc2ccc(C)s2)c(F)c1F. The van der Waals surface area contributed by atoms with Crippen molar-refractivity contribution in [2.45, 2.75) is 13.5 Å². The highest BCUT2D eigenvalue weighted by atomic mass is 32.1. The number of nitrogens with one attached hydrogen (secondary N) is 1. The van der Waals surface area contributed by atoms with Crippen molar-refractivity contribution in [3.8, 4) is 0 Å². The van der Waals surface area contributed by atoms with Crippen LogP contribution in [0.5, 0.6) is 0 Å². The molecule has 1 N–H and O–H groups in total. The molecule has 106 valence electrons. The van der Waals surface area contributed by atoms with Crippen molar-refractivity contribution in [3.05, 3.63) is 51.2 Å². The number of ether oxygens (including phenoxy) is 1. The first-order valence-electron chi connectivity index (χ1n) is 5.88. The van der Waals surface area contributed by atoms with Crippen molar-refractivity contribution in [3.63, 3.8) is 0 Å². The van der Waals surface area contributed by atoms with E-state index in [1.807, 2.05) is 19.1 Å². The van der Waals surface area contributed by atoms with Gasteiger partial charge in [-0.3, -0.25) is 0 Å². The minimum Gasteiger partial charge on any atom is -0.465 e. The monoisotopic (exact) mass is 297 g/mol. The summed E-state index contributed by atoms with van der Waals surface area (Å²) in [6, 6.07) is 6.40. The first kappa shape index (κ1) is 14.5. The quantitative estimate of drug-likeness (QED) is 0.874. The number of carbonyl (C=O) groups is 1. The Morgan fingerprint density at radius 1 is 1.25 bits per heavy atom. The summed E-state index contributed by atoms with van der Waals surface area (Å²) in [4.78, 5) is 13.4. The van der Waals surface area contributed by atoms with Crippen LogP contribution in [0.2, 0.25) is 0 Å². The molecule has 0 spiro atoms. The standard InChI is InChI=1S/C14H13F2NO2S/c1-8-3-4-9(20-8)7-17-11-6-5-10(14(18)19-2)12(15)13(11)16/h3-6,17H,7H2,1-2H3. The fraction of sp³-hybridized carbons (Fsp3) is 0.214. The number of hydrogen-bond donors (Lipinski definition) is 1. The van der Waals surface area contributed by atoms with E-state index in [0.717, 1.165) is 16.9 Å². The molecule has 3 nitrogen and oxygen atoms in total. The molecule has 1 aromatic heterocycles. The number of carbonyl (C=O) groups excluding carboxylic acids is 1. The van der Waals surface area contributed by atoms with Crippen LogP contribution in [0, 0.1) is 18.6 Å². The Morgan fingerprint density at radius 3 is 2.60 bits per heavy atom. The van der Waals surface area contributed by atoms with Gasteiger partial charge in [0, 0.05) is 16.3 Å².